The molecule has 1 aromatic carbocycles. The van der Waals surface area contributed by atoms with Crippen molar-refractivity contribution in [3.05, 3.63) is 24.3 Å². The Morgan fingerprint density at radius 2 is 1.74 bits per heavy atom. The number of hydrogen-bond acceptors (Lipinski definition) is 3. The van der Waals surface area contributed by atoms with E-state index in [9.17, 15) is 4.79 Å². The number of amides is 1. The van der Waals surface area contributed by atoms with E-state index < -0.39 is 0 Å². The Balaban J connectivity index is 1.49. The van der Waals surface area contributed by atoms with Crippen LogP contribution in [0, 0.1) is 0 Å². The average molecular weight is 427 g/mol. The zero-order valence-corrected chi connectivity index (χ0v) is 18.9. The van der Waals surface area contributed by atoms with Crippen LogP contribution in [0.4, 0.5) is 5.69 Å². The highest BCUT2D eigenvalue weighted by atomic mass is 16.5. The van der Waals surface area contributed by atoms with Gasteiger partial charge in [0.15, 0.2) is 5.96 Å². The van der Waals surface area contributed by atoms with Crippen LogP contribution in [0.5, 0.6) is 5.75 Å². The molecule has 0 unspecified atom stereocenters. The summed E-state index contributed by atoms with van der Waals surface area (Å²) in [5.74, 6) is 1.77. The minimum absolute atomic E-state index is 0.0486. The summed E-state index contributed by atoms with van der Waals surface area (Å²) < 4.78 is 5.30. The fourth-order valence-electron chi connectivity index (χ4n) is 5.23. The molecule has 1 saturated heterocycles. The first kappa shape index (κ1) is 22.0. The van der Waals surface area contributed by atoms with Gasteiger partial charge in [0.05, 0.1) is 13.2 Å². The summed E-state index contributed by atoms with van der Waals surface area (Å²) in [6, 6.07) is 8.28. The van der Waals surface area contributed by atoms with Gasteiger partial charge in [0.1, 0.15) is 11.8 Å². The van der Waals surface area contributed by atoms with Crippen LogP contribution in [0.15, 0.2) is 29.3 Å². The normalized spacial score (nSPS) is 23.6. The third-order valence-electron chi connectivity index (χ3n) is 6.98. The Kier molecular flexibility index (Phi) is 7.71. The van der Waals surface area contributed by atoms with Crippen molar-refractivity contribution in [1.29, 1.82) is 0 Å². The molecule has 31 heavy (non-hydrogen) atoms. The molecule has 2 aliphatic carbocycles. The molecular weight excluding hydrogens is 388 g/mol. The van der Waals surface area contributed by atoms with Gasteiger partial charge < -0.3 is 20.3 Å². The Labute approximate surface area is 186 Å². The molecule has 0 spiro atoms. The lowest BCUT2D eigenvalue weighted by molar-refractivity contribution is -0.119. The molecule has 1 aliphatic heterocycles. The van der Waals surface area contributed by atoms with E-state index in [0.717, 1.165) is 36.8 Å². The summed E-state index contributed by atoms with van der Waals surface area (Å²) in [5.41, 5.74) is 0.780. The summed E-state index contributed by atoms with van der Waals surface area (Å²) in [6.07, 6.45) is 14.4. The molecule has 6 heteroatoms. The first-order valence-electron chi connectivity index (χ1n) is 12.3. The number of ether oxygens (including phenoxy) is 1. The monoisotopic (exact) mass is 426 g/mol. The topological polar surface area (TPSA) is 66.0 Å². The molecule has 4 rings (SSSR count). The number of methoxy groups -OCH3 is 1. The number of carbonyl (C=O) groups is 1. The molecule has 1 atom stereocenters. The van der Waals surface area contributed by atoms with Gasteiger partial charge in [-0.25, -0.2) is 4.99 Å². The largest absolute Gasteiger partial charge is 0.497 e. The van der Waals surface area contributed by atoms with Gasteiger partial charge in [0.25, 0.3) is 0 Å². The van der Waals surface area contributed by atoms with E-state index in [1.54, 1.807) is 7.11 Å². The number of anilines is 1. The summed E-state index contributed by atoms with van der Waals surface area (Å²) in [6.45, 7) is 0.890. The molecule has 1 aromatic rings. The zero-order valence-electron chi connectivity index (χ0n) is 18.9. The number of benzene rings is 1. The molecular formula is C25H38N4O2. The van der Waals surface area contributed by atoms with Gasteiger partial charge in [0.2, 0.25) is 5.91 Å². The van der Waals surface area contributed by atoms with Crippen LogP contribution in [0.25, 0.3) is 0 Å². The Hall–Kier alpha value is -2.24. The van der Waals surface area contributed by atoms with E-state index >= 15 is 0 Å². The van der Waals surface area contributed by atoms with E-state index in [-0.39, 0.29) is 11.9 Å². The molecule has 0 radical (unpaired) electrons. The van der Waals surface area contributed by atoms with Gasteiger partial charge in [-0.1, -0.05) is 44.6 Å². The maximum absolute atomic E-state index is 13.2. The van der Waals surface area contributed by atoms with Crippen LogP contribution < -0.4 is 15.4 Å². The lowest BCUT2D eigenvalue weighted by atomic mass is 9.95. The second-order valence-corrected chi connectivity index (χ2v) is 9.30. The summed E-state index contributed by atoms with van der Waals surface area (Å²) in [7, 11) is 1.64. The smallest absolute Gasteiger partial charge is 0.247 e. The Morgan fingerprint density at radius 3 is 2.48 bits per heavy atom. The fourth-order valence-corrected chi connectivity index (χ4v) is 5.23. The van der Waals surface area contributed by atoms with Crippen molar-refractivity contribution >= 4 is 17.6 Å². The highest BCUT2D eigenvalue weighted by Crippen LogP contribution is 2.25. The van der Waals surface area contributed by atoms with Crippen LogP contribution in [0.3, 0.4) is 0 Å². The second-order valence-electron chi connectivity index (χ2n) is 9.30. The third kappa shape index (κ3) is 5.92. The van der Waals surface area contributed by atoms with Crippen LogP contribution >= 0.6 is 0 Å². The number of carbonyl (C=O) groups excluding carboxylic acids is 1. The quantitative estimate of drug-likeness (QED) is 0.529. The first-order valence-corrected chi connectivity index (χ1v) is 12.3. The van der Waals surface area contributed by atoms with E-state index in [4.69, 9.17) is 9.73 Å². The number of aliphatic imine (C=N–C) groups is 1. The number of rotatable bonds is 5. The molecule has 2 saturated carbocycles. The molecule has 170 valence electrons. The molecule has 1 heterocycles. The van der Waals surface area contributed by atoms with E-state index in [1.165, 1.54) is 64.2 Å². The van der Waals surface area contributed by atoms with Crippen molar-refractivity contribution in [3.8, 4) is 5.75 Å². The van der Waals surface area contributed by atoms with E-state index in [0.29, 0.717) is 12.1 Å². The van der Waals surface area contributed by atoms with Gasteiger partial charge >= 0.3 is 0 Å². The lowest BCUT2D eigenvalue weighted by Gasteiger charge is -2.33. The lowest BCUT2D eigenvalue weighted by Crippen LogP contribution is -2.52. The molecule has 0 aromatic heterocycles. The van der Waals surface area contributed by atoms with Gasteiger partial charge in [-0.15, -0.1) is 0 Å². The van der Waals surface area contributed by atoms with E-state index in [1.807, 2.05) is 24.3 Å². The Bertz CT molecular complexity index is 754. The second kappa shape index (κ2) is 10.9. The van der Waals surface area contributed by atoms with Crippen molar-refractivity contribution in [2.75, 3.05) is 19.0 Å². The van der Waals surface area contributed by atoms with Crippen molar-refractivity contribution in [2.24, 2.45) is 4.99 Å². The number of likely N-dealkylation sites (tertiary alicyclic amines) is 1. The van der Waals surface area contributed by atoms with Crippen molar-refractivity contribution in [1.82, 2.24) is 10.2 Å². The third-order valence-corrected chi connectivity index (χ3v) is 6.98. The molecule has 3 aliphatic rings. The van der Waals surface area contributed by atoms with Crippen LogP contribution in [-0.2, 0) is 4.79 Å². The minimum atomic E-state index is -0.176. The Morgan fingerprint density at radius 1 is 1.00 bits per heavy atom. The predicted molar refractivity (Wildman–Crippen MR) is 126 cm³/mol. The van der Waals surface area contributed by atoms with Crippen molar-refractivity contribution in [3.63, 3.8) is 0 Å². The predicted octanol–water partition coefficient (Wildman–Crippen LogP) is 4.71. The average Bonchev–Trinajstić information content (AvgIpc) is 3.30. The summed E-state index contributed by atoms with van der Waals surface area (Å²) in [5, 5.41) is 6.90. The van der Waals surface area contributed by atoms with Crippen LogP contribution in [0.2, 0.25) is 0 Å². The van der Waals surface area contributed by atoms with E-state index in [2.05, 4.69) is 15.5 Å². The standard InChI is InChI=1S/C25H38N4O2/c1-31-22-15-8-14-21(18-22)26-24(30)23-16-9-17-29(23)25(27-19-10-4-2-5-11-19)28-20-12-6-3-7-13-20/h8,14-15,18-20,23H,2-7,9-13,16-17H2,1H3,(H,26,30)(H,27,28)/t23-/m0/s1. The molecule has 0 bridgehead atoms. The van der Waals surface area contributed by atoms with Crippen molar-refractivity contribution < 1.29 is 9.53 Å². The van der Waals surface area contributed by atoms with Crippen LogP contribution in [0.1, 0.15) is 77.0 Å². The molecule has 6 nitrogen and oxygen atoms in total. The fraction of sp³-hybridized carbons (Fsp3) is 0.680. The number of hydrogen-bond donors (Lipinski definition) is 2. The zero-order chi connectivity index (χ0) is 21.5. The highest BCUT2D eigenvalue weighted by Gasteiger charge is 2.34. The van der Waals surface area contributed by atoms with Crippen molar-refractivity contribution in [2.45, 2.75) is 95.2 Å². The first-order chi connectivity index (χ1) is 15.2. The maximum Gasteiger partial charge on any atom is 0.247 e. The summed E-state index contributed by atoms with van der Waals surface area (Å²) >= 11 is 0. The highest BCUT2D eigenvalue weighted by molar-refractivity contribution is 5.98. The number of nitrogens with zero attached hydrogens (tertiary/aromatic N) is 2. The van der Waals surface area contributed by atoms with Gasteiger partial charge in [-0.2, -0.15) is 0 Å². The minimum Gasteiger partial charge on any atom is -0.497 e. The molecule has 1 amide bonds. The number of nitrogens with one attached hydrogen (secondary N) is 2. The number of guanidine groups is 1. The van der Waals surface area contributed by atoms with Gasteiger partial charge in [-0.05, 0) is 50.7 Å². The SMILES string of the molecule is COc1cccc(NC(=O)[C@@H]2CCCN2C(=NC2CCCCC2)NC2CCCCC2)c1. The molecule has 3 fully saturated rings. The summed E-state index contributed by atoms with van der Waals surface area (Å²) in [4.78, 5) is 20.7. The van der Waals surface area contributed by atoms with Gasteiger partial charge in [0, 0.05) is 24.3 Å². The maximum atomic E-state index is 13.2. The van der Waals surface area contributed by atoms with Crippen LogP contribution in [-0.4, -0.2) is 48.5 Å². The van der Waals surface area contributed by atoms with Gasteiger partial charge in [-0.3, -0.25) is 4.79 Å². The molecule has 2 N–H and O–H groups in total.